The van der Waals surface area contributed by atoms with E-state index in [4.69, 9.17) is 5.73 Å². The molecule has 0 spiro atoms. The van der Waals surface area contributed by atoms with Crippen molar-refractivity contribution >= 4 is 17.8 Å². The van der Waals surface area contributed by atoms with Gasteiger partial charge >= 0.3 is 0 Å². The molecule has 0 fully saturated rings. The standard InChI is InChI=1S/C18H19N3O/c1-21(16-8-7-14-11-20-12-15(14)10-16)18(22)17(19)9-13-5-3-2-4-6-13/h2-8,10,12,17H,9,11,19H2,1H3. The molecule has 0 radical (unpaired) electrons. The van der Waals surface area contributed by atoms with Gasteiger partial charge in [0.25, 0.3) is 0 Å². The summed E-state index contributed by atoms with van der Waals surface area (Å²) in [4.78, 5) is 18.4. The number of anilines is 1. The zero-order valence-electron chi connectivity index (χ0n) is 12.6. The minimum absolute atomic E-state index is 0.0845. The van der Waals surface area contributed by atoms with E-state index in [1.807, 2.05) is 54.7 Å². The highest BCUT2D eigenvalue weighted by Crippen LogP contribution is 2.22. The average Bonchev–Trinajstić information content (AvgIpc) is 3.02. The third kappa shape index (κ3) is 2.92. The van der Waals surface area contributed by atoms with E-state index in [-0.39, 0.29) is 5.91 Å². The number of hydrogen-bond donors (Lipinski definition) is 1. The first kappa shape index (κ1) is 14.5. The van der Waals surface area contributed by atoms with Crippen LogP contribution in [0.2, 0.25) is 0 Å². The lowest BCUT2D eigenvalue weighted by Crippen LogP contribution is -2.43. The van der Waals surface area contributed by atoms with Crippen LogP contribution in [0.5, 0.6) is 0 Å². The fourth-order valence-corrected chi connectivity index (χ4v) is 2.63. The van der Waals surface area contributed by atoms with Crippen molar-refractivity contribution in [2.45, 2.75) is 19.0 Å². The first-order valence-corrected chi connectivity index (χ1v) is 7.35. The number of benzene rings is 2. The molecule has 1 aliphatic heterocycles. The van der Waals surface area contributed by atoms with Gasteiger partial charge in [0.2, 0.25) is 5.91 Å². The Bertz CT molecular complexity index is 710. The summed E-state index contributed by atoms with van der Waals surface area (Å²) in [5.74, 6) is -0.0845. The Hall–Kier alpha value is -2.46. The largest absolute Gasteiger partial charge is 0.320 e. The second-order valence-electron chi connectivity index (χ2n) is 5.55. The summed E-state index contributed by atoms with van der Waals surface area (Å²) in [6.45, 7) is 0.723. The highest BCUT2D eigenvalue weighted by molar-refractivity contribution is 5.98. The van der Waals surface area contributed by atoms with Crippen molar-refractivity contribution in [1.29, 1.82) is 0 Å². The summed E-state index contributed by atoms with van der Waals surface area (Å²) in [6, 6.07) is 15.2. The van der Waals surface area contributed by atoms with Gasteiger partial charge in [0.05, 0.1) is 12.6 Å². The van der Waals surface area contributed by atoms with Gasteiger partial charge in [-0.1, -0.05) is 36.4 Å². The second-order valence-corrected chi connectivity index (χ2v) is 5.55. The Labute approximate surface area is 130 Å². The van der Waals surface area contributed by atoms with Crippen molar-refractivity contribution in [2.75, 3.05) is 11.9 Å². The second kappa shape index (κ2) is 6.12. The van der Waals surface area contributed by atoms with E-state index in [0.717, 1.165) is 23.4 Å². The van der Waals surface area contributed by atoms with Crippen LogP contribution in [0.15, 0.2) is 53.5 Å². The van der Waals surface area contributed by atoms with Crippen molar-refractivity contribution in [2.24, 2.45) is 10.7 Å². The molecule has 1 aliphatic rings. The van der Waals surface area contributed by atoms with E-state index >= 15 is 0 Å². The van der Waals surface area contributed by atoms with Crippen LogP contribution >= 0.6 is 0 Å². The molecule has 3 rings (SSSR count). The van der Waals surface area contributed by atoms with E-state index in [9.17, 15) is 4.79 Å². The molecule has 1 heterocycles. The van der Waals surface area contributed by atoms with E-state index in [1.165, 1.54) is 5.56 Å². The number of nitrogens with two attached hydrogens (primary N) is 1. The summed E-state index contributed by atoms with van der Waals surface area (Å²) in [7, 11) is 1.76. The predicted molar refractivity (Wildman–Crippen MR) is 89.3 cm³/mol. The fourth-order valence-electron chi connectivity index (χ4n) is 2.63. The van der Waals surface area contributed by atoms with Crippen LogP contribution in [0.4, 0.5) is 5.69 Å². The number of fused-ring (bicyclic) bond motifs is 1. The van der Waals surface area contributed by atoms with Gasteiger partial charge < -0.3 is 10.6 Å². The molecule has 2 N–H and O–H groups in total. The fraction of sp³-hybridized carbons (Fsp3) is 0.222. The molecule has 0 bridgehead atoms. The maximum atomic E-state index is 12.5. The third-order valence-electron chi connectivity index (χ3n) is 3.95. The number of aliphatic imine (C=N–C) groups is 1. The Kier molecular flexibility index (Phi) is 4.02. The number of amides is 1. The lowest BCUT2D eigenvalue weighted by Gasteiger charge is -2.22. The van der Waals surface area contributed by atoms with Crippen molar-refractivity contribution in [3.05, 3.63) is 65.2 Å². The van der Waals surface area contributed by atoms with Crippen LogP contribution in [0.3, 0.4) is 0 Å². The molecule has 0 aliphatic carbocycles. The summed E-state index contributed by atoms with van der Waals surface area (Å²) in [6.07, 6.45) is 2.39. The molecule has 112 valence electrons. The molecule has 0 saturated heterocycles. The lowest BCUT2D eigenvalue weighted by atomic mass is 10.0. The summed E-state index contributed by atoms with van der Waals surface area (Å²) in [5, 5.41) is 0. The van der Waals surface area contributed by atoms with E-state index < -0.39 is 6.04 Å². The van der Waals surface area contributed by atoms with Crippen molar-refractivity contribution in [3.63, 3.8) is 0 Å². The number of likely N-dealkylation sites (N-methyl/N-ethyl adjacent to an activating group) is 1. The van der Waals surface area contributed by atoms with Crippen molar-refractivity contribution in [3.8, 4) is 0 Å². The highest BCUT2D eigenvalue weighted by atomic mass is 16.2. The number of nitrogens with zero attached hydrogens (tertiary/aromatic N) is 2. The molecular formula is C18H19N3O. The Morgan fingerprint density at radius 3 is 2.82 bits per heavy atom. The number of hydrogen-bond acceptors (Lipinski definition) is 3. The quantitative estimate of drug-likeness (QED) is 0.939. The van der Waals surface area contributed by atoms with Gasteiger partial charge in [-0.2, -0.15) is 0 Å². The van der Waals surface area contributed by atoms with Crippen LogP contribution in [-0.2, 0) is 17.8 Å². The number of carbonyl (C=O) groups is 1. The number of carbonyl (C=O) groups excluding carboxylic acids is 1. The smallest absolute Gasteiger partial charge is 0.243 e. The normalized spacial score (nSPS) is 13.7. The maximum Gasteiger partial charge on any atom is 0.243 e. The molecular weight excluding hydrogens is 274 g/mol. The molecule has 2 aromatic carbocycles. The van der Waals surface area contributed by atoms with E-state index in [1.54, 1.807) is 11.9 Å². The van der Waals surface area contributed by atoms with Crippen molar-refractivity contribution in [1.82, 2.24) is 0 Å². The Morgan fingerprint density at radius 2 is 2.05 bits per heavy atom. The highest BCUT2D eigenvalue weighted by Gasteiger charge is 2.20. The lowest BCUT2D eigenvalue weighted by molar-refractivity contribution is -0.119. The van der Waals surface area contributed by atoms with E-state index in [0.29, 0.717) is 6.42 Å². The van der Waals surface area contributed by atoms with Crippen LogP contribution in [-0.4, -0.2) is 25.2 Å². The molecule has 1 amide bonds. The Morgan fingerprint density at radius 1 is 1.27 bits per heavy atom. The molecule has 1 atom stereocenters. The van der Waals surface area contributed by atoms with Gasteiger partial charge in [0, 0.05) is 18.9 Å². The Balaban J connectivity index is 1.72. The molecule has 22 heavy (non-hydrogen) atoms. The zero-order valence-corrected chi connectivity index (χ0v) is 12.6. The molecule has 4 nitrogen and oxygen atoms in total. The summed E-state index contributed by atoms with van der Waals surface area (Å²) in [5.41, 5.74) is 10.3. The molecule has 1 unspecified atom stereocenters. The topological polar surface area (TPSA) is 58.7 Å². The third-order valence-corrected chi connectivity index (χ3v) is 3.95. The first-order valence-electron chi connectivity index (χ1n) is 7.35. The van der Waals surface area contributed by atoms with Gasteiger partial charge in [0.15, 0.2) is 0 Å². The van der Waals surface area contributed by atoms with Gasteiger partial charge in [-0.25, -0.2) is 0 Å². The predicted octanol–water partition coefficient (Wildman–Crippen LogP) is 2.15. The van der Waals surface area contributed by atoms with Crippen molar-refractivity contribution < 1.29 is 4.79 Å². The summed E-state index contributed by atoms with van der Waals surface area (Å²) < 4.78 is 0. The van der Waals surface area contributed by atoms with Gasteiger partial charge in [-0.15, -0.1) is 0 Å². The SMILES string of the molecule is CN(C(=O)C(N)Cc1ccccc1)c1ccc2c(c1)C=NC2. The minimum Gasteiger partial charge on any atom is -0.320 e. The van der Waals surface area contributed by atoms with Crippen LogP contribution < -0.4 is 10.6 Å². The van der Waals surface area contributed by atoms with Crippen LogP contribution in [0.25, 0.3) is 0 Å². The monoisotopic (exact) mass is 293 g/mol. The van der Waals surface area contributed by atoms with Gasteiger partial charge in [-0.05, 0) is 35.2 Å². The van der Waals surface area contributed by atoms with Crippen LogP contribution in [0.1, 0.15) is 16.7 Å². The van der Waals surface area contributed by atoms with Gasteiger partial charge in [0.1, 0.15) is 0 Å². The summed E-state index contributed by atoms with van der Waals surface area (Å²) >= 11 is 0. The minimum atomic E-state index is -0.547. The molecule has 2 aromatic rings. The first-order chi connectivity index (χ1) is 10.6. The number of rotatable bonds is 4. The zero-order chi connectivity index (χ0) is 15.5. The van der Waals surface area contributed by atoms with Gasteiger partial charge in [-0.3, -0.25) is 9.79 Å². The molecule has 0 saturated carbocycles. The average molecular weight is 293 g/mol. The van der Waals surface area contributed by atoms with Crippen LogP contribution in [0, 0.1) is 0 Å². The van der Waals surface area contributed by atoms with E-state index in [2.05, 4.69) is 4.99 Å². The molecule has 0 aromatic heterocycles. The maximum absolute atomic E-state index is 12.5. The molecule has 4 heteroatoms.